The summed E-state index contributed by atoms with van der Waals surface area (Å²) in [5, 5.41) is 20.4. The summed E-state index contributed by atoms with van der Waals surface area (Å²) in [5.41, 5.74) is 3.92. The van der Waals surface area contributed by atoms with Crippen molar-refractivity contribution in [2.45, 2.75) is 70.1 Å². The van der Waals surface area contributed by atoms with Gasteiger partial charge in [0.2, 0.25) is 5.91 Å². The minimum Gasteiger partial charge on any atom is -0.480 e. The lowest BCUT2D eigenvalue weighted by Crippen LogP contribution is -2.58. The number of carbonyl (C=O) groups is 3. The van der Waals surface area contributed by atoms with Crippen molar-refractivity contribution in [3.8, 4) is 11.1 Å². The Morgan fingerprint density at radius 3 is 2.24 bits per heavy atom. The number of nitrogens with zero attached hydrogens (tertiary/aromatic N) is 3. The van der Waals surface area contributed by atoms with Gasteiger partial charge in [0.15, 0.2) is 0 Å². The van der Waals surface area contributed by atoms with Gasteiger partial charge in [-0.15, -0.1) is 0 Å². The van der Waals surface area contributed by atoms with E-state index in [9.17, 15) is 19.5 Å². The number of nitrogens with one attached hydrogen (secondary N) is 1. The minimum absolute atomic E-state index is 0.102. The van der Waals surface area contributed by atoms with Crippen LogP contribution < -0.4 is 5.32 Å². The van der Waals surface area contributed by atoms with Gasteiger partial charge in [-0.2, -0.15) is 5.11 Å². The van der Waals surface area contributed by atoms with Crippen LogP contribution in [0, 0.1) is 0 Å². The van der Waals surface area contributed by atoms with E-state index in [1.807, 2.05) is 57.2 Å². The fourth-order valence-corrected chi connectivity index (χ4v) is 5.30. The van der Waals surface area contributed by atoms with Crippen molar-refractivity contribution in [1.82, 2.24) is 10.2 Å². The molecule has 0 aromatic heterocycles. The molecular weight excluding hydrogens is 472 g/mol. The van der Waals surface area contributed by atoms with Gasteiger partial charge in [-0.3, -0.25) is 14.5 Å². The molecular formula is C28H34N4O5. The van der Waals surface area contributed by atoms with Crippen LogP contribution in [0.4, 0.5) is 4.79 Å². The molecule has 9 nitrogen and oxygen atoms in total. The smallest absolute Gasteiger partial charge is 0.452 e. The maximum atomic E-state index is 13.2. The Kier molecular flexibility index (Phi) is 7.73. The number of carbonyl (C=O) groups excluding carboxylic acids is 2. The molecule has 0 unspecified atom stereocenters. The molecule has 0 bridgehead atoms. The third kappa shape index (κ3) is 5.88. The Balaban J connectivity index is 1.46. The Bertz CT molecular complexity index is 1160. The summed E-state index contributed by atoms with van der Waals surface area (Å²) in [7, 11) is 0. The molecule has 4 rings (SSSR count). The van der Waals surface area contributed by atoms with Crippen LogP contribution in [-0.2, 0) is 14.3 Å². The van der Waals surface area contributed by atoms with Crippen LogP contribution >= 0.6 is 0 Å². The van der Waals surface area contributed by atoms with Crippen LogP contribution in [0.1, 0.15) is 57.6 Å². The predicted octanol–water partition coefficient (Wildman–Crippen LogP) is 4.61. The first kappa shape index (κ1) is 26.5. The maximum Gasteiger partial charge on any atom is 0.452 e. The fraction of sp³-hybridized carbons (Fsp3) is 0.464. The zero-order valence-corrected chi connectivity index (χ0v) is 21.7. The number of fused-ring (bicyclic) bond motifs is 3. The second kappa shape index (κ2) is 10.8. The molecule has 2 aromatic rings. The van der Waals surface area contributed by atoms with Crippen molar-refractivity contribution in [2.75, 3.05) is 13.2 Å². The molecule has 2 N–H and O–H groups in total. The third-order valence-corrected chi connectivity index (χ3v) is 6.82. The maximum absolute atomic E-state index is 13.2. The topological polar surface area (TPSA) is 121 Å². The van der Waals surface area contributed by atoms with Gasteiger partial charge in [0.25, 0.3) is 0 Å². The van der Waals surface area contributed by atoms with Crippen LogP contribution in [0.15, 0.2) is 58.8 Å². The highest BCUT2D eigenvalue weighted by Crippen LogP contribution is 2.44. The molecule has 37 heavy (non-hydrogen) atoms. The van der Waals surface area contributed by atoms with Crippen LogP contribution in [0.3, 0.4) is 0 Å². The number of carboxylic acids is 1. The lowest BCUT2D eigenvalue weighted by atomic mass is 9.98. The van der Waals surface area contributed by atoms with E-state index in [0.29, 0.717) is 19.4 Å². The van der Waals surface area contributed by atoms with Gasteiger partial charge in [-0.25, -0.2) is 4.79 Å². The van der Waals surface area contributed by atoms with Crippen LogP contribution in [0.2, 0.25) is 0 Å². The summed E-state index contributed by atoms with van der Waals surface area (Å²) in [4.78, 5) is 39.2. The van der Waals surface area contributed by atoms with E-state index in [1.165, 1.54) is 0 Å². The molecule has 1 heterocycles. The number of azo groups is 1. The monoisotopic (exact) mass is 506 g/mol. The highest BCUT2D eigenvalue weighted by Gasteiger charge is 2.42. The number of rotatable bonds is 7. The van der Waals surface area contributed by atoms with Gasteiger partial charge < -0.3 is 15.2 Å². The molecule has 1 aliphatic heterocycles. The molecule has 2 aliphatic rings. The summed E-state index contributed by atoms with van der Waals surface area (Å²) in [6.45, 7) is 7.77. The summed E-state index contributed by atoms with van der Waals surface area (Å²) >= 11 is 0. The Hall–Kier alpha value is -3.59. The van der Waals surface area contributed by atoms with Crippen LogP contribution in [0.5, 0.6) is 0 Å². The predicted molar refractivity (Wildman–Crippen MR) is 138 cm³/mol. The largest absolute Gasteiger partial charge is 0.480 e. The minimum atomic E-state index is -0.980. The zero-order valence-electron chi connectivity index (χ0n) is 21.7. The lowest BCUT2D eigenvalue weighted by Gasteiger charge is -2.34. The first-order valence-electron chi connectivity index (χ1n) is 12.6. The second-order valence-electron chi connectivity index (χ2n) is 10.7. The molecule has 2 amide bonds. The van der Waals surface area contributed by atoms with Crippen molar-refractivity contribution in [2.24, 2.45) is 10.2 Å². The zero-order chi connectivity index (χ0) is 26.7. The molecule has 3 atom stereocenters. The van der Waals surface area contributed by atoms with Crippen molar-refractivity contribution in [3.05, 3.63) is 59.7 Å². The molecule has 9 heteroatoms. The van der Waals surface area contributed by atoms with Gasteiger partial charge in [0.1, 0.15) is 18.7 Å². The van der Waals surface area contributed by atoms with E-state index >= 15 is 0 Å². The van der Waals surface area contributed by atoms with E-state index in [2.05, 4.69) is 27.7 Å². The first-order valence-corrected chi connectivity index (χ1v) is 12.6. The van der Waals surface area contributed by atoms with E-state index in [4.69, 9.17) is 4.74 Å². The SMILES string of the molecule is C[C@H](N=NC(=O)OCC1c2ccccc2-c2ccccc21)[C@H](C(=O)NC(C)(C)C)N1CCC[C@@H]1C(=O)O. The van der Waals surface area contributed by atoms with Gasteiger partial charge in [0.05, 0.1) is 6.04 Å². The van der Waals surface area contributed by atoms with Crippen molar-refractivity contribution in [3.63, 3.8) is 0 Å². The molecule has 0 spiro atoms. The molecule has 1 saturated heterocycles. The molecule has 1 fully saturated rings. The number of hydrogen-bond donors (Lipinski definition) is 2. The molecule has 196 valence electrons. The van der Waals surface area contributed by atoms with Crippen LogP contribution in [-0.4, -0.2) is 64.8 Å². The number of ether oxygens (including phenoxy) is 1. The van der Waals surface area contributed by atoms with E-state index in [1.54, 1.807) is 11.8 Å². The van der Waals surface area contributed by atoms with Gasteiger partial charge in [-0.1, -0.05) is 53.6 Å². The summed E-state index contributed by atoms with van der Waals surface area (Å²) in [5.74, 6) is -1.43. The fourth-order valence-electron chi connectivity index (χ4n) is 5.30. The second-order valence-corrected chi connectivity index (χ2v) is 10.7. The van der Waals surface area contributed by atoms with E-state index in [0.717, 1.165) is 22.3 Å². The molecule has 0 radical (unpaired) electrons. The standard InChI is InChI=1S/C28H34N4O5/c1-17(24(25(33)29-28(2,3)4)32-15-9-14-23(32)26(34)35)30-31-27(36)37-16-22-20-12-7-5-10-18(20)19-11-6-8-13-21(19)22/h5-8,10-13,17,22-24H,9,14-16H2,1-4H3,(H,29,33)(H,34,35)/t17-,23+,24+/m0/s1. The average Bonchev–Trinajstić information content (AvgIpc) is 3.44. The van der Waals surface area contributed by atoms with Crippen molar-refractivity contribution in [1.29, 1.82) is 0 Å². The normalized spacial score (nSPS) is 19.3. The Morgan fingerprint density at radius 1 is 1.08 bits per heavy atom. The molecule has 0 saturated carbocycles. The number of benzene rings is 2. The Morgan fingerprint density at radius 2 is 1.68 bits per heavy atom. The lowest BCUT2D eigenvalue weighted by molar-refractivity contribution is -0.144. The highest BCUT2D eigenvalue weighted by molar-refractivity contribution is 5.85. The van der Waals surface area contributed by atoms with E-state index in [-0.39, 0.29) is 18.4 Å². The highest BCUT2D eigenvalue weighted by atomic mass is 16.5. The number of aliphatic carboxylic acids is 1. The van der Waals surface area contributed by atoms with Gasteiger partial charge in [0, 0.05) is 11.5 Å². The number of hydrogen-bond acceptors (Lipinski definition) is 6. The van der Waals surface area contributed by atoms with Crippen LogP contribution in [0.25, 0.3) is 11.1 Å². The summed E-state index contributed by atoms with van der Waals surface area (Å²) in [6.07, 6.45) is 0.261. The molecule has 1 aliphatic carbocycles. The number of carboxylic acid groups (broad SMARTS) is 1. The van der Waals surface area contributed by atoms with E-state index < -0.39 is 35.7 Å². The quantitative estimate of drug-likeness (QED) is 0.529. The van der Waals surface area contributed by atoms with Gasteiger partial charge in [-0.05, 0) is 69.3 Å². The van der Waals surface area contributed by atoms with Crippen molar-refractivity contribution < 1.29 is 24.2 Å². The Labute approximate surface area is 216 Å². The molecule has 2 aromatic carbocycles. The van der Waals surface area contributed by atoms with Crippen molar-refractivity contribution >= 4 is 18.0 Å². The number of likely N-dealkylation sites (tertiary alicyclic amines) is 1. The number of amides is 2. The third-order valence-electron chi connectivity index (χ3n) is 6.82. The van der Waals surface area contributed by atoms with Gasteiger partial charge >= 0.3 is 12.1 Å². The average molecular weight is 507 g/mol. The first-order chi connectivity index (χ1) is 17.6. The summed E-state index contributed by atoms with van der Waals surface area (Å²) in [6, 6.07) is 13.7. The summed E-state index contributed by atoms with van der Waals surface area (Å²) < 4.78 is 5.49.